The number of piperidine rings is 1. The van der Waals surface area contributed by atoms with Gasteiger partial charge in [-0.2, -0.15) is 0 Å². The Kier molecular flexibility index (Phi) is 4.77. The number of anilines is 1. The number of nitrogens with two attached hydrogens (primary N) is 1. The Bertz CT molecular complexity index is 540. The zero-order valence-electron chi connectivity index (χ0n) is 11.7. The standard InChI is InChI=1S/C15H19FN2O3/c16-11-2-3-13(12(9-11)15(17)21)18-7-5-10(6-8-18)1-4-14(19)20/h2-3,9-10H,1,4-8H2,(H2,17,21)(H,19,20). The van der Waals surface area contributed by atoms with Crippen molar-refractivity contribution in [1.29, 1.82) is 0 Å². The number of carboxylic acid groups (broad SMARTS) is 1. The molecule has 1 aromatic rings. The monoisotopic (exact) mass is 294 g/mol. The van der Waals surface area contributed by atoms with Crippen molar-refractivity contribution in [2.24, 2.45) is 11.7 Å². The molecule has 0 saturated carbocycles. The minimum Gasteiger partial charge on any atom is -0.481 e. The second kappa shape index (κ2) is 6.56. The lowest BCUT2D eigenvalue weighted by Crippen LogP contribution is -2.35. The molecule has 1 saturated heterocycles. The van der Waals surface area contributed by atoms with E-state index in [-0.39, 0.29) is 12.0 Å². The fourth-order valence-corrected chi connectivity index (χ4v) is 2.77. The number of primary amides is 1. The summed E-state index contributed by atoms with van der Waals surface area (Å²) < 4.78 is 13.2. The van der Waals surface area contributed by atoms with Crippen LogP contribution in [0.1, 0.15) is 36.0 Å². The Hall–Kier alpha value is -2.11. The summed E-state index contributed by atoms with van der Waals surface area (Å²) in [5.74, 6) is -1.51. The predicted molar refractivity (Wildman–Crippen MR) is 76.7 cm³/mol. The molecule has 114 valence electrons. The summed E-state index contributed by atoms with van der Waals surface area (Å²) in [5, 5.41) is 8.70. The summed E-state index contributed by atoms with van der Waals surface area (Å²) in [6, 6.07) is 4.06. The number of rotatable bonds is 5. The Labute approximate surface area is 122 Å². The minimum absolute atomic E-state index is 0.188. The fourth-order valence-electron chi connectivity index (χ4n) is 2.77. The van der Waals surface area contributed by atoms with Gasteiger partial charge in [0.05, 0.1) is 5.56 Å². The molecule has 0 spiro atoms. The van der Waals surface area contributed by atoms with Crippen molar-refractivity contribution in [1.82, 2.24) is 0 Å². The molecule has 1 aromatic carbocycles. The van der Waals surface area contributed by atoms with Crippen molar-refractivity contribution in [2.45, 2.75) is 25.7 Å². The number of carboxylic acids is 1. The van der Waals surface area contributed by atoms with E-state index in [1.54, 1.807) is 6.07 Å². The largest absolute Gasteiger partial charge is 0.481 e. The molecule has 3 N–H and O–H groups in total. The Morgan fingerprint density at radius 1 is 1.33 bits per heavy atom. The van der Waals surface area contributed by atoms with E-state index in [1.807, 2.05) is 4.90 Å². The molecular formula is C15H19FN2O3. The topological polar surface area (TPSA) is 83.6 Å². The van der Waals surface area contributed by atoms with Crippen LogP contribution in [0.4, 0.5) is 10.1 Å². The van der Waals surface area contributed by atoms with Gasteiger partial charge in [0.15, 0.2) is 0 Å². The molecule has 1 aliphatic heterocycles. The number of hydrogen-bond acceptors (Lipinski definition) is 3. The van der Waals surface area contributed by atoms with Crippen LogP contribution in [0.2, 0.25) is 0 Å². The van der Waals surface area contributed by atoms with E-state index in [2.05, 4.69) is 0 Å². The SMILES string of the molecule is NC(=O)c1cc(F)ccc1N1CCC(CCC(=O)O)CC1. The Morgan fingerprint density at radius 2 is 2.00 bits per heavy atom. The molecule has 0 aliphatic carbocycles. The van der Waals surface area contributed by atoms with Crippen LogP contribution < -0.4 is 10.6 Å². The van der Waals surface area contributed by atoms with E-state index in [9.17, 15) is 14.0 Å². The van der Waals surface area contributed by atoms with Gasteiger partial charge < -0.3 is 15.7 Å². The number of amides is 1. The van der Waals surface area contributed by atoms with Crippen LogP contribution in [-0.2, 0) is 4.79 Å². The van der Waals surface area contributed by atoms with Crippen molar-refractivity contribution in [2.75, 3.05) is 18.0 Å². The quantitative estimate of drug-likeness (QED) is 0.870. The lowest BCUT2D eigenvalue weighted by Gasteiger charge is -2.34. The second-order valence-electron chi connectivity index (χ2n) is 5.39. The van der Waals surface area contributed by atoms with Crippen LogP contribution in [0.25, 0.3) is 0 Å². The van der Waals surface area contributed by atoms with Crippen molar-refractivity contribution >= 4 is 17.6 Å². The number of nitrogens with zero attached hydrogens (tertiary/aromatic N) is 1. The summed E-state index contributed by atoms with van der Waals surface area (Å²) in [6.07, 6.45) is 2.59. The van der Waals surface area contributed by atoms with E-state index in [0.29, 0.717) is 18.0 Å². The van der Waals surface area contributed by atoms with Gasteiger partial charge in [-0.3, -0.25) is 9.59 Å². The molecule has 5 nitrogen and oxygen atoms in total. The van der Waals surface area contributed by atoms with Gasteiger partial charge in [0.2, 0.25) is 0 Å². The maximum Gasteiger partial charge on any atom is 0.303 e. The maximum absolute atomic E-state index is 13.2. The molecule has 0 aromatic heterocycles. The minimum atomic E-state index is -0.771. The van der Waals surface area contributed by atoms with Crippen molar-refractivity contribution in [3.63, 3.8) is 0 Å². The molecule has 1 amide bonds. The zero-order valence-corrected chi connectivity index (χ0v) is 11.7. The van der Waals surface area contributed by atoms with Gasteiger partial charge in [0, 0.05) is 25.2 Å². The molecule has 2 rings (SSSR count). The van der Waals surface area contributed by atoms with E-state index in [1.165, 1.54) is 6.07 Å². The molecule has 1 fully saturated rings. The highest BCUT2D eigenvalue weighted by atomic mass is 19.1. The highest BCUT2D eigenvalue weighted by molar-refractivity contribution is 5.98. The molecule has 0 atom stereocenters. The summed E-state index contributed by atoms with van der Waals surface area (Å²) in [7, 11) is 0. The number of hydrogen-bond donors (Lipinski definition) is 2. The lowest BCUT2D eigenvalue weighted by molar-refractivity contribution is -0.137. The van der Waals surface area contributed by atoms with E-state index in [0.717, 1.165) is 32.0 Å². The van der Waals surface area contributed by atoms with Crippen LogP contribution in [0.3, 0.4) is 0 Å². The number of halogens is 1. The number of carbonyl (C=O) groups is 2. The average Bonchev–Trinajstić information content (AvgIpc) is 2.45. The first-order valence-electron chi connectivity index (χ1n) is 7.03. The first-order chi connectivity index (χ1) is 9.97. The van der Waals surface area contributed by atoms with E-state index >= 15 is 0 Å². The molecule has 6 heteroatoms. The van der Waals surface area contributed by atoms with Gasteiger partial charge in [-0.25, -0.2) is 4.39 Å². The van der Waals surface area contributed by atoms with Crippen LogP contribution in [0.15, 0.2) is 18.2 Å². The molecular weight excluding hydrogens is 275 g/mol. The Balaban J connectivity index is 2.02. The lowest BCUT2D eigenvalue weighted by atomic mass is 9.91. The molecule has 0 unspecified atom stereocenters. The second-order valence-corrected chi connectivity index (χ2v) is 5.39. The van der Waals surface area contributed by atoms with Gasteiger partial charge in [-0.1, -0.05) is 0 Å². The van der Waals surface area contributed by atoms with E-state index < -0.39 is 17.7 Å². The third kappa shape index (κ3) is 3.93. The van der Waals surface area contributed by atoms with Crippen LogP contribution >= 0.6 is 0 Å². The summed E-state index contributed by atoms with van der Waals surface area (Å²) in [4.78, 5) is 24.0. The van der Waals surface area contributed by atoms with Crippen LogP contribution in [0.5, 0.6) is 0 Å². The van der Waals surface area contributed by atoms with Gasteiger partial charge >= 0.3 is 5.97 Å². The normalized spacial score (nSPS) is 16.0. The summed E-state index contributed by atoms with van der Waals surface area (Å²) in [6.45, 7) is 1.44. The van der Waals surface area contributed by atoms with Crippen molar-refractivity contribution in [3.05, 3.63) is 29.6 Å². The number of carbonyl (C=O) groups excluding carboxylic acids is 1. The maximum atomic E-state index is 13.2. The molecule has 1 aliphatic rings. The van der Waals surface area contributed by atoms with Gasteiger partial charge in [-0.05, 0) is 43.4 Å². The molecule has 0 bridgehead atoms. The number of benzene rings is 1. The average molecular weight is 294 g/mol. The molecule has 1 heterocycles. The fraction of sp³-hybridized carbons (Fsp3) is 0.467. The molecule has 21 heavy (non-hydrogen) atoms. The van der Waals surface area contributed by atoms with Gasteiger partial charge in [0.25, 0.3) is 5.91 Å². The van der Waals surface area contributed by atoms with Crippen molar-refractivity contribution < 1.29 is 19.1 Å². The highest BCUT2D eigenvalue weighted by Crippen LogP contribution is 2.28. The third-order valence-electron chi connectivity index (χ3n) is 3.95. The zero-order chi connectivity index (χ0) is 15.4. The predicted octanol–water partition coefficient (Wildman–Crippen LogP) is 2.01. The first kappa shape index (κ1) is 15.3. The van der Waals surface area contributed by atoms with Crippen LogP contribution in [-0.4, -0.2) is 30.1 Å². The first-order valence-corrected chi connectivity index (χ1v) is 7.03. The van der Waals surface area contributed by atoms with Crippen molar-refractivity contribution in [3.8, 4) is 0 Å². The summed E-state index contributed by atoms with van der Waals surface area (Å²) >= 11 is 0. The van der Waals surface area contributed by atoms with Crippen LogP contribution in [0, 0.1) is 11.7 Å². The van der Waals surface area contributed by atoms with E-state index in [4.69, 9.17) is 10.8 Å². The highest BCUT2D eigenvalue weighted by Gasteiger charge is 2.23. The smallest absolute Gasteiger partial charge is 0.303 e. The van der Waals surface area contributed by atoms with Gasteiger partial charge in [0.1, 0.15) is 5.82 Å². The molecule has 0 radical (unpaired) electrons. The third-order valence-corrected chi connectivity index (χ3v) is 3.95. The Morgan fingerprint density at radius 3 is 2.57 bits per heavy atom. The summed E-state index contributed by atoms with van der Waals surface area (Å²) in [5.41, 5.74) is 6.15. The number of aliphatic carboxylic acids is 1. The van der Waals surface area contributed by atoms with Gasteiger partial charge in [-0.15, -0.1) is 0 Å².